The lowest BCUT2D eigenvalue weighted by molar-refractivity contribution is 0.318. The molecule has 2 heterocycles. The van der Waals surface area contributed by atoms with Gasteiger partial charge in [0.25, 0.3) is 0 Å². The highest BCUT2D eigenvalue weighted by Crippen LogP contribution is 2.23. The minimum atomic E-state index is 0.746. The number of nitrogens with zero attached hydrogens (tertiary/aromatic N) is 3. The van der Waals surface area contributed by atoms with Crippen LogP contribution in [0.15, 0.2) is 5.16 Å². The molecular formula is C10H15N3O. The maximum Gasteiger partial charge on any atom is 0.0902 e. The van der Waals surface area contributed by atoms with Gasteiger partial charge in [-0.25, -0.2) is 0 Å². The van der Waals surface area contributed by atoms with Crippen LogP contribution >= 0.6 is 0 Å². The molecule has 0 bridgehead atoms. The van der Waals surface area contributed by atoms with Crippen molar-refractivity contribution in [2.45, 2.75) is 39.7 Å². The third-order valence-corrected chi connectivity index (χ3v) is 2.76. The summed E-state index contributed by atoms with van der Waals surface area (Å²) in [5.74, 6) is 0. The maximum absolute atomic E-state index is 8.90. The summed E-state index contributed by atoms with van der Waals surface area (Å²) in [5, 5.41) is 16.7. The fourth-order valence-corrected chi connectivity index (χ4v) is 2.14. The molecule has 0 radical (unpaired) electrons. The van der Waals surface area contributed by atoms with E-state index in [2.05, 4.69) is 10.3 Å². The molecule has 76 valence electrons. The zero-order valence-electron chi connectivity index (χ0n) is 8.62. The van der Waals surface area contributed by atoms with Crippen molar-refractivity contribution in [2.75, 3.05) is 0 Å². The van der Waals surface area contributed by atoms with E-state index >= 15 is 0 Å². The second-order valence-electron chi connectivity index (χ2n) is 3.63. The van der Waals surface area contributed by atoms with E-state index in [9.17, 15) is 0 Å². The van der Waals surface area contributed by atoms with Crippen LogP contribution in [0.5, 0.6) is 0 Å². The lowest BCUT2D eigenvalue weighted by Gasteiger charge is -2.01. The van der Waals surface area contributed by atoms with E-state index in [0.717, 1.165) is 42.8 Å². The van der Waals surface area contributed by atoms with E-state index in [1.807, 2.05) is 18.5 Å². The highest BCUT2D eigenvalue weighted by atomic mass is 16.4. The molecule has 0 saturated heterocycles. The number of aromatic nitrogens is 2. The Morgan fingerprint density at radius 3 is 3.07 bits per heavy atom. The number of oxime groups is 1. The van der Waals surface area contributed by atoms with Gasteiger partial charge in [-0.05, 0) is 26.2 Å². The largest absolute Gasteiger partial charge is 0.411 e. The first-order valence-electron chi connectivity index (χ1n) is 5.05. The van der Waals surface area contributed by atoms with Crippen LogP contribution in [0, 0.1) is 6.92 Å². The molecule has 0 unspecified atom stereocenters. The van der Waals surface area contributed by atoms with Gasteiger partial charge in [-0.2, -0.15) is 5.10 Å². The fourth-order valence-electron chi connectivity index (χ4n) is 2.14. The van der Waals surface area contributed by atoms with Gasteiger partial charge in [0, 0.05) is 17.8 Å². The Morgan fingerprint density at radius 2 is 2.43 bits per heavy atom. The van der Waals surface area contributed by atoms with E-state index < -0.39 is 0 Å². The summed E-state index contributed by atoms with van der Waals surface area (Å²) in [5.41, 5.74) is 4.03. The minimum absolute atomic E-state index is 0.746. The molecule has 0 atom stereocenters. The van der Waals surface area contributed by atoms with Gasteiger partial charge in [0.15, 0.2) is 0 Å². The zero-order valence-corrected chi connectivity index (χ0v) is 8.62. The summed E-state index contributed by atoms with van der Waals surface area (Å²) < 4.78 is 2.03. The number of fused-ring (bicyclic) bond motifs is 1. The molecule has 1 N–H and O–H groups in total. The Bertz CT molecular complexity index is 379. The third-order valence-electron chi connectivity index (χ3n) is 2.76. The minimum Gasteiger partial charge on any atom is -0.411 e. The first-order chi connectivity index (χ1) is 6.77. The van der Waals surface area contributed by atoms with E-state index in [-0.39, 0.29) is 0 Å². The van der Waals surface area contributed by atoms with Crippen LogP contribution in [0.1, 0.15) is 36.7 Å². The number of rotatable bonds is 2. The van der Waals surface area contributed by atoms with Gasteiger partial charge < -0.3 is 5.21 Å². The Balaban J connectivity index is 2.51. The van der Waals surface area contributed by atoms with Gasteiger partial charge in [-0.3, -0.25) is 4.68 Å². The third kappa shape index (κ3) is 1.22. The predicted molar refractivity (Wildman–Crippen MR) is 53.9 cm³/mol. The monoisotopic (exact) mass is 193 g/mol. The Labute approximate surface area is 83.2 Å². The van der Waals surface area contributed by atoms with Crippen molar-refractivity contribution in [2.24, 2.45) is 5.16 Å². The molecule has 1 aliphatic heterocycles. The molecule has 4 heteroatoms. The van der Waals surface area contributed by atoms with Gasteiger partial charge >= 0.3 is 0 Å². The van der Waals surface area contributed by atoms with Crippen molar-refractivity contribution >= 4 is 5.71 Å². The number of hydrogen-bond acceptors (Lipinski definition) is 3. The quantitative estimate of drug-likeness (QED) is 0.441. The lowest BCUT2D eigenvalue weighted by Crippen LogP contribution is -2.03. The molecule has 0 fully saturated rings. The highest BCUT2D eigenvalue weighted by molar-refractivity contribution is 6.02. The molecular weight excluding hydrogens is 178 g/mol. The van der Waals surface area contributed by atoms with E-state index in [1.54, 1.807) is 0 Å². The SMILES string of the molecule is CCC(=NO)c1c(C)nn2c1CCC2. The first-order valence-corrected chi connectivity index (χ1v) is 5.05. The van der Waals surface area contributed by atoms with Crippen LogP contribution in [0.2, 0.25) is 0 Å². The van der Waals surface area contributed by atoms with Crippen molar-refractivity contribution in [1.29, 1.82) is 0 Å². The maximum atomic E-state index is 8.90. The van der Waals surface area contributed by atoms with Crippen LogP contribution in [0.3, 0.4) is 0 Å². The van der Waals surface area contributed by atoms with Gasteiger partial charge in [-0.1, -0.05) is 12.1 Å². The molecule has 1 aliphatic rings. The van der Waals surface area contributed by atoms with Crippen LogP contribution in [-0.2, 0) is 13.0 Å². The molecule has 0 aliphatic carbocycles. The Kier molecular flexibility index (Phi) is 2.27. The number of aryl methyl sites for hydroxylation is 2. The molecule has 14 heavy (non-hydrogen) atoms. The van der Waals surface area contributed by atoms with Crippen molar-refractivity contribution < 1.29 is 5.21 Å². The second-order valence-corrected chi connectivity index (χ2v) is 3.63. The van der Waals surface area contributed by atoms with Crippen molar-refractivity contribution in [3.63, 3.8) is 0 Å². The van der Waals surface area contributed by atoms with Crippen molar-refractivity contribution in [1.82, 2.24) is 9.78 Å². The summed E-state index contributed by atoms with van der Waals surface area (Å²) in [6.45, 7) is 4.97. The Morgan fingerprint density at radius 1 is 1.64 bits per heavy atom. The van der Waals surface area contributed by atoms with Gasteiger partial charge in [-0.15, -0.1) is 0 Å². The molecule has 0 saturated carbocycles. The molecule has 1 aromatic rings. The van der Waals surface area contributed by atoms with Gasteiger partial charge in [0.1, 0.15) is 0 Å². The number of hydrogen-bond donors (Lipinski definition) is 1. The first kappa shape index (κ1) is 9.24. The van der Waals surface area contributed by atoms with Gasteiger partial charge in [0.2, 0.25) is 0 Å². The summed E-state index contributed by atoms with van der Waals surface area (Å²) in [6.07, 6.45) is 2.95. The summed E-state index contributed by atoms with van der Waals surface area (Å²) >= 11 is 0. The van der Waals surface area contributed by atoms with Gasteiger partial charge in [0.05, 0.1) is 11.4 Å². The smallest absolute Gasteiger partial charge is 0.0902 e. The fraction of sp³-hybridized carbons (Fsp3) is 0.600. The summed E-state index contributed by atoms with van der Waals surface area (Å²) in [7, 11) is 0. The van der Waals surface area contributed by atoms with Crippen molar-refractivity contribution in [3.8, 4) is 0 Å². The predicted octanol–water partition coefficient (Wildman–Crippen LogP) is 1.73. The average molecular weight is 193 g/mol. The zero-order chi connectivity index (χ0) is 10.1. The topological polar surface area (TPSA) is 50.4 Å². The standard InChI is InChI=1S/C10H15N3O/c1-3-8(12-14)10-7(2)11-13-6-4-5-9(10)13/h14H,3-6H2,1-2H3. The Hall–Kier alpha value is -1.32. The molecule has 1 aromatic heterocycles. The van der Waals surface area contributed by atoms with Crippen LogP contribution < -0.4 is 0 Å². The average Bonchev–Trinajstić information content (AvgIpc) is 2.70. The van der Waals surface area contributed by atoms with E-state index in [4.69, 9.17) is 5.21 Å². The van der Waals surface area contributed by atoms with Crippen LogP contribution in [0.25, 0.3) is 0 Å². The molecule has 0 aromatic carbocycles. The molecule has 2 rings (SSSR count). The highest BCUT2D eigenvalue weighted by Gasteiger charge is 2.22. The van der Waals surface area contributed by atoms with Crippen LogP contribution in [0.4, 0.5) is 0 Å². The summed E-state index contributed by atoms with van der Waals surface area (Å²) in [6, 6.07) is 0. The van der Waals surface area contributed by atoms with Crippen LogP contribution in [-0.4, -0.2) is 20.7 Å². The summed E-state index contributed by atoms with van der Waals surface area (Å²) in [4.78, 5) is 0. The molecule has 0 spiro atoms. The van der Waals surface area contributed by atoms with E-state index in [1.165, 1.54) is 5.69 Å². The lowest BCUT2D eigenvalue weighted by atomic mass is 10.0. The molecule has 0 amide bonds. The molecule has 4 nitrogen and oxygen atoms in total. The van der Waals surface area contributed by atoms with E-state index in [0.29, 0.717) is 0 Å². The van der Waals surface area contributed by atoms with Crippen molar-refractivity contribution in [3.05, 3.63) is 17.0 Å². The second kappa shape index (κ2) is 3.44. The normalized spacial score (nSPS) is 16.0.